The molecule has 0 radical (unpaired) electrons. The number of carbonyl (C=O) groups is 1. The summed E-state index contributed by atoms with van der Waals surface area (Å²) < 4.78 is 0. The Balaban J connectivity index is 3.37. The zero-order valence-corrected chi connectivity index (χ0v) is 7.08. The topological polar surface area (TPSA) is 66.6 Å². The van der Waals surface area contributed by atoms with Gasteiger partial charge in [0.05, 0.1) is 6.42 Å². The first-order valence-corrected chi connectivity index (χ1v) is 3.68. The van der Waals surface area contributed by atoms with Crippen molar-refractivity contribution in [2.75, 3.05) is 20.1 Å². The Labute approximate surface area is 67.0 Å². The van der Waals surface area contributed by atoms with Gasteiger partial charge >= 0.3 is 5.97 Å². The minimum atomic E-state index is -0.762. The second-order valence-electron chi connectivity index (χ2n) is 2.88. The summed E-state index contributed by atoms with van der Waals surface area (Å²) in [4.78, 5) is 12.0. The van der Waals surface area contributed by atoms with Crippen LogP contribution in [0.1, 0.15) is 13.3 Å². The van der Waals surface area contributed by atoms with E-state index in [9.17, 15) is 4.79 Å². The maximum Gasteiger partial charge on any atom is 0.304 e. The Kier molecular flexibility index (Phi) is 4.81. The number of carboxylic acids is 1. The number of nitrogens with two attached hydrogens (primary N) is 1. The SMILES string of the molecule is CC(N)CN(C)CCC(=O)O. The van der Waals surface area contributed by atoms with Crippen LogP contribution >= 0.6 is 0 Å². The highest BCUT2D eigenvalue weighted by molar-refractivity contribution is 5.66. The van der Waals surface area contributed by atoms with E-state index >= 15 is 0 Å². The highest BCUT2D eigenvalue weighted by Crippen LogP contribution is 1.88. The van der Waals surface area contributed by atoms with E-state index in [-0.39, 0.29) is 12.5 Å². The molecule has 0 saturated carbocycles. The molecule has 0 aromatic heterocycles. The summed E-state index contributed by atoms with van der Waals surface area (Å²) in [6.07, 6.45) is 0.184. The Bertz CT molecular complexity index is 126. The average molecular weight is 160 g/mol. The third kappa shape index (κ3) is 7.29. The molecule has 0 aromatic rings. The van der Waals surface area contributed by atoms with Crippen molar-refractivity contribution in [1.29, 1.82) is 0 Å². The third-order valence-electron chi connectivity index (χ3n) is 1.31. The minimum Gasteiger partial charge on any atom is -0.481 e. The second kappa shape index (κ2) is 5.09. The molecule has 11 heavy (non-hydrogen) atoms. The summed E-state index contributed by atoms with van der Waals surface area (Å²) in [5.74, 6) is -0.762. The lowest BCUT2D eigenvalue weighted by molar-refractivity contribution is -0.137. The van der Waals surface area contributed by atoms with Crippen molar-refractivity contribution in [1.82, 2.24) is 4.90 Å². The van der Waals surface area contributed by atoms with Gasteiger partial charge in [0, 0.05) is 19.1 Å². The van der Waals surface area contributed by atoms with E-state index in [1.165, 1.54) is 0 Å². The standard InChI is InChI=1S/C7H16N2O2/c1-6(8)5-9(2)4-3-7(10)11/h6H,3-5,8H2,1-2H3,(H,10,11). The number of hydrogen-bond acceptors (Lipinski definition) is 3. The monoisotopic (exact) mass is 160 g/mol. The highest BCUT2D eigenvalue weighted by Gasteiger charge is 2.03. The number of nitrogens with zero attached hydrogens (tertiary/aromatic N) is 1. The number of hydrogen-bond donors (Lipinski definition) is 2. The van der Waals surface area contributed by atoms with E-state index in [4.69, 9.17) is 10.8 Å². The van der Waals surface area contributed by atoms with E-state index in [2.05, 4.69) is 0 Å². The average Bonchev–Trinajstić information content (AvgIpc) is 1.82. The fraction of sp³-hybridized carbons (Fsp3) is 0.857. The van der Waals surface area contributed by atoms with Gasteiger partial charge in [0.15, 0.2) is 0 Å². The molecule has 1 unspecified atom stereocenters. The van der Waals surface area contributed by atoms with Gasteiger partial charge in [0.2, 0.25) is 0 Å². The molecule has 4 heteroatoms. The summed E-state index contributed by atoms with van der Waals surface area (Å²) in [6.45, 7) is 3.21. The molecule has 0 rings (SSSR count). The van der Waals surface area contributed by atoms with E-state index < -0.39 is 5.97 Å². The van der Waals surface area contributed by atoms with Gasteiger partial charge in [-0.2, -0.15) is 0 Å². The zero-order valence-electron chi connectivity index (χ0n) is 7.08. The van der Waals surface area contributed by atoms with Crippen LogP contribution in [0.25, 0.3) is 0 Å². The van der Waals surface area contributed by atoms with Crippen LogP contribution in [0.4, 0.5) is 0 Å². The summed E-state index contributed by atoms with van der Waals surface area (Å²) in [6, 6.07) is 0.105. The summed E-state index contributed by atoms with van der Waals surface area (Å²) in [5.41, 5.74) is 5.51. The molecular formula is C7H16N2O2. The zero-order chi connectivity index (χ0) is 8.85. The quantitative estimate of drug-likeness (QED) is 0.581. The molecule has 0 aliphatic rings. The first-order valence-electron chi connectivity index (χ1n) is 3.68. The summed E-state index contributed by atoms with van der Waals surface area (Å²) >= 11 is 0. The summed E-state index contributed by atoms with van der Waals surface area (Å²) in [7, 11) is 1.87. The first kappa shape index (κ1) is 10.4. The van der Waals surface area contributed by atoms with Crippen LogP contribution in [0.15, 0.2) is 0 Å². The van der Waals surface area contributed by atoms with Crippen molar-refractivity contribution in [3.8, 4) is 0 Å². The maximum atomic E-state index is 10.1. The van der Waals surface area contributed by atoms with Crippen molar-refractivity contribution in [3.63, 3.8) is 0 Å². The normalized spacial score (nSPS) is 13.5. The molecule has 0 saturated heterocycles. The van der Waals surface area contributed by atoms with Crippen molar-refractivity contribution >= 4 is 5.97 Å². The van der Waals surface area contributed by atoms with Gasteiger partial charge in [-0.1, -0.05) is 0 Å². The first-order chi connectivity index (χ1) is 5.02. The maximum absolute atomic E-state index is 10.1. The Morgan fingerprint density at radius 3 is 2.64 bits per heavy atom. The van der Waals surface area contributed by atoms with Gasteiger partial charge in [-0.25, -0.2) is 0 Å². The van der Waals surface area contributed by atoms with Gasteiger partial charge in [-0.15, -0.1) is 0 Å². The smallest absolute Gasteiger partial charge is 0.304 e. The van der Waals surface area contributed by atoms with E-state index in [1.54, 1.807) is 0 Å². The van der Waals surface area contributed by atoms with Gasteiger partial charge in [0.25, 0.3) is 0 Å². The molecule has 0 heterocycles. The fourth-order valence-electron chi connectivity index (χ4n) is 0.869. The van der Waals surface area contributed by atoms with Crippen molar-refractivity contribution < 1.29 is 9.90 Å². The predicted molar refractivity (Wildman–Crippen MR) is 43.4 cm³/mol. The molecule has 66 valence electrons. The van der Waals surface area contributed by atoms with Gasteiger partial charge in [0.1, 0.15) is 0 Å². The number of likely N-dealkylation sites (N-methyl/N-ethyl adjacent to an activating group) is 1. The molecule has 1 atom stereocenters. The van der Waals surface area contributed by atoms with Crippen LogP contribution in [-0.2, 0) is 4.79 Å². The second-order valence-corrected chi connectivity index (χ2v) is 2.88. The molecule has 3 N–H and O–H groups in total. The molecule has 0 aromatic carbocycles. The van der Waals surface area contributed by atoms with Crippen LogP contribution in [-0.4, -0.2) is 42.2 Å². The van der Waals surface area contributed by atoms with Gasteiger partial charge in [-0.3, -0.25) is 4.79 Å². The molecule has 0 aliphatic heterocycles. The Morgan fingerprint density at radius 2 is 2.27 bits per heavy atom. The molecule has 0 bridgehead atoms. The van der Waals surface area contributed by atoms with Gasteiger partial charge in [-0.05, 0) is 14.0 Å². The molecule has 0 aliphatic carbocycles. The van der Waals surface area contributed by atoms with Gasteiger partial charge < -0.3 is 15.7 Å². The van der Waals surface area contributed by atoms with Crippen LogP contribution in [0.3, 0.4) is 0 Å². The number of carboxylic acid groups (broad SMARTS) is 1. The largest absolute Gasteiger partial charge is 0.481 e. The van der Waals surface area contributed by atoms with Crippen LogP contribution in [0.5, 0.6) is 0 Å². The lowest BCUT2D eigenvalue weighted by Crippen LogP contribution is -2.34. The summed E-state index contributed by atoms with van der Waals surface area (Å²) in [5, 5.41) is 8.34. The molecular weight excluding hydrogens is 144 g/mol. The molecule has 0 spiro atoms. The lowest BCUT2D eigenvalue weighted by Gasteiger charge is -2.17. The number of rotatable bonds is 5. The van der Waals surface area contributed by atoms with E-state index in [1.807, 2.05) is 18.9 Å². The van der Waals surface area contributed by atoms with Crippen LogP contribution in [0.2, 0.25) is 0 Å². The Hall–Kier alpha value is -0.610. The van der Waals surface area contributed by atoms with Crippen molar-refractivity contribution in [2.24, 2.45) is 5.73 Å². The third-order valence-corrected chi connectivity index (χ3v) is 1.31. The predicted octanol–water partition coefficient (Wildman–Crippen LogP) is -0.260. The molecule has 0 amide bonds. The van der Waals surface area contributed by atoms with Crippen LogP contribution in [0, 0.1) is 0 Å². The van der Waals surface area contributed by atoms with Crippen LogP contribution < -0.4 is 5.73 Å². The minimum absolute atomic E-state index is 0.105. The Morgan fingerprint density at radius 1 is 1.73 bits per heavy atom. The molecule has 0 fully saturated rings. The fourth-order valence-corrected chi connectivity index (χ4v) is 0.869. The lowest BCUT2D eigenvalue weighted by atomic mass is 10.3. The molecule has 4 nitrogen and oxygen atoms in total. The number of aliphatic carboxylic acids is 1. The van der Waals surface area contributed by atoms with Crippen molar-refractivity contribution in [2.45, 2.75) is 19.4 Å². The van der Waals surface area contributed by atoms with E-state index in [0.717, 1.165) is 6.54 Å². The van der Waals surface area contributed by atoms with E-state index in [0.29, 0.717) is 6.54 Å². The highest BCUT2D eigenvalue weighted by atomic mass is 16.4. The van der Waals surface area contributed by atoms with Crippen molar-refractivity contribution in [3.05, 3.63) is 0 Å².